The van der Waals surface area contributed by atoms with E-state index in [2.05, 4.69) is 0 Å². The van der Waals surface area contributed by atoms with Crippen LogP contribution in [0.1, 0.15) is 28.4 Å². The highest BCUT2D eigenvalue weighted by atomic mass is 19.1. The molecule has 2 aromatic rings. The molecule has 2 aromatic carbocycles. The normalized spacial score (nSPS) is 10.3. The van der Waals surface area contributed by atoms with E-state index in [9.17, 15) is 9.18 Å². The molecule has 2 nitrogen and oxygen atoms in total. The molecule has 0 aliphatic carbocycles. The molecule has 0 saturated carbocycles. The molecule has 0 bridgehead atoms. The Labute approximate surface area is 111 Å². The van der Waals surface area contributed by atoms with Crippen molar-refractivity contribution in [1.29, 1.82) is 0 Å². The smallest absolute Gasteiger partial charge is 0.159 e. The van der Waals surface area contributed by atoms with E-state index < -0.39 is 0 Å². The topological polar surface area (TPSA) is 26.3 Å². The Bertz CT molecular complexity index is 588. The molecule has 0 atom stereocenters. The molecule has 19 heavy (non-hydrogen) atoms. The molecule has 2 rings (SSSR count). The van der Waals surface area contributed by atoms with E-state index in [1.807, 2.05) is 6.92 Å². The predicted molar refractivity (Wildman–Crippen MR) is 71.9 cm³/mol. The van der Waals surface area contributed by atoms with Gasteiger partial charge in [0.05, 0.1) is 0 Å². The second-order valence-electron chi connectivity index (χ2n) is 4.44. The highest BCUT2D eigenvalue weighted by Gasteiger charge is 2.03. The standard InChI is InChI=1S/C16H15FO2/c1-11-3-6-15(17)9-14(11)10-19-16-7-4-13(5-8-16)12(2)18/h3-9H,10H2,1-2H3. The van der Waals surface area contributed by atoms with Gasteiger partial charge in [-0.25, -0.2) is 4.39 Å². The van der Waals surface area contributed by atoms with Crippen molar-refractivity contribution in [3.63, 3.8) is 0 Å². The van der Waals surface area contributed by atoms with E-state index in [0.717, 1.165) is 11.1 Å². The van der Waals surface area contributed by atoms with Gasteiger partial charge in [0.2, 0.25) is 0 Å². The molecule has 3 heteroatoms. The Hall–Kier alpha value is -2.16. The Kier molecular flexibility index (Phi) is 3.95. The third-order valence-electron chi connectivity index (χ3n) is 2.97. The van der Waals surface area contributed by atoms with E-state index in [0.29, 0.717) is 17.9 Å². The fourth-order valence-electron chi connectivity index (χ4n) is 1.74. The second kappa shape index (κ2) is 5.65. The Balaban J connectivity index is 2.06. The zero-order valence-corrected chi connectivity index (χ0v) is 10.9. The van der Waals surface area contributed by atoms with Crippen molar-refractivity contribution in [2.75, 3.05) is 0 Å². The van der Waals surface area contributed by atoms with Gasteiger partial charge in [-0.05, 0) is 61.4 Å². The highest BCUT2D eigenvalue weighted by molar-refractivity contribution is 5.94. The maximum Gasteiger partial charge on any atom is 0.159 e. The molecular weight excluding hydrogens is 243 g/mol. The SMILES string of the molecule is CC(=O)c1ccc(OCc2cc(F)ccc2C)cc1. The zero-order valence-electron chi connectivity index (χ0n) is 10.9. The van der Waals surface area contributed by atoms with Crippen molar-refractivity contribution in [3.05, 3.63) is 65.0 Å². The second-order valence-corrected chi connectivity index (χ2v) is 4.44. The average Bonchev–Trinajstić information content (AvgIpc) is 2.40. The van der Waals surface area contributed by atoms with Crippen LogP contribution in [0, 0.1) is 12.7 Å². The van der Waals surface area contributed by atoms with Gasteiger partial charge in [-0.15, -0.1) is 0 Å². The van der Waals surface area contributed by atoms with Crippen LogP contribution in [0.4, 0.5) is 4.39 Å². The number of aryl methyl sites for hydroxylation is 1. The molecule has 0 aliphatic heterocycles. The van der Waals surface area contributed by atoms with Gasteiger partial charge in [0.1, 0.15) is 18.2 Å². The van der Waals surface area contributed by atoms with Crippen molar-refractivity contribution < 1.29 is 13.9 Å². The molecule has 0 N–H and O–H groups in total. The van der Waals surface area contributed by atoms with Crippen molar-refractivity contribution >= 4 is 5.78 Å². The molecule has 0 amide bonds. The van der Waals surface area contributed by atoms with Crippen molar-refractivity contribution in [2.45, 2.75) is 20.5 Å². The van der Waals surface area contributed by atoms with E-state index >= 15 is 0 Å². The Morgan fingerprint density at radius 2 is 1.84 bits per heavy atom. The van der Waals surface area contributed by atoms with Gasteiger partial charge < -0.3 is 4.74 Å². The third-order valence-corrected chi connectivity index (χ3v) is 2.97. The summed E-state index contributed by atoms with van der Waals surface area (Å²) < 4.78 is 18.7. The van der Waals surface area contributed by atoms with Gasteiger partial charge in [0, 0.05) is 5.56 Å². The summed E-state index contributed by atoms with van der Waals surface area (Å²) in [5.41, 5.74) is 2.45. The number of carbonyl (C=O) groups is 1. The molecule has 0 spiro atoms. The number of halogens is 1. The zero-order chi connectivity index (χ0) is 13.8. The molecule has 0 heterocycles. The average molecular weight is 258 g/mol. The minimum Gasteiger partial charge on any atom is -0.489 e. The van der Waals surface area contributed by atoms with Gasteiger partial charge >= 0.3 is 0 Å². The minimum atomic E-state index is -0.267. The van der Waals surface area contributed by atoms with Crippen LogP contribution < -0.4 is 4.74 Å². The monoisotopic (exact) mass is 258 g/mol. The summed E-state index contributed by atoms with van der Waals surface area (Å²) >= 11 is 0. The summed E-state index contributed by atoms with van der Waals surface area (Å²) in [5, 5.41) is 0. The van der Waals surface area contributed by atoms with Gasteiger partial charge in [-0.1, -0.05) is 6.07 Å². The summed E-state index contributed by atoms with van der Waals surface area (Å²) in [5.74, 6) is 0.414. The fourth-order valence-corrected chi connectivity index (χ4v) is 1.74. The molecule has 98 valence electrons. The Morgan fingerprint density at radius 3 is 2.47 bits per heavy atom. The van der Waals surface area contributed by atoms with Crippen LogP contribution >= 0.6 is 0 Å². The summed E-state index contributed by atoms with van der Waals surface area (Å²) in [4.78, 5) is 11.1. The number of benzene rings is 2. The van der Waals surface area contributed by atoms with E-state index in [1.54, 1.807) is 30.3 Å². The molecule has 0 radical (unpaired) electrons. The number of ketones is 1. The first-order valence-corrected chi connectivity index (χ1v) is 6.05. The Morgan fingerprint density at radius 1 is 1.16 bits per heavy atom. The lowest BCUT2D eigenvalue weighted by atomic mass is 10.1. The van der Waals surface area contributed by atoms with Crippen LogP contribution in [0.5, 0.6) is 5.75 Å². The fraction of sp³-hybridized carbons (Fsp3) is 0.188. The van der Waals surface area contributed by atoms with E-state index in [1.165, 1.54) is 19.1 Å². The number of hydrogen-bond donors (Lipinski definition) is 0. The van der Waals surface area contributed by atoms with Crippen LogP contribution in [-0.4, -0.2) is 5.78 Å². The third kappa shape index (κ3) is 3.41. The minimum absolute atomic E-state index is 0.0209. The lowest BCUT2D eigenvalue weighted by molar-refractivity contribution is 0.101. The van der Waals surface area contributed by atoms with Gasteiger partial charge in [-0.2, -0.15) is 0 Å². The quantitative estimate of drug-likeness (QED) is 0.777. The molecule has 0 fully saturated rings. The number of rotatable bonds is 4. The lowest BCUT2D eigenvalue weighted by Gasteiger charge is -2.09. The van der Waals surface area contributed by atoms with Gasteiger partial charge in [-0.3, -0.25) is 4.79 Å². The number of ether oxygens (including phenoxy) is 1. The molecule has 0 aliphatic rings. The van der Waals surface area contributed by atoms with Crippen LogP contribution in [0.25, 0.3) is 0 Å². The summed E-state index contributed by atoms with van der Waals surface area (Å²) in [6.45, 7) is 3.74. The van der Waals surface area contributed by atoms with Crippen molar-refractivity contribution in [3.8, 4) is 5.75 Å². The first-order valence-electron chi connectivity index (χ1n) is 6.05. The number of Topliss-reactive ketones (excluding diaryl/α,β-unsaturated/α-hetero) is 1. The number of hydrogen-bond acceptors (Lipinski definition) is 2. The summed E-state index contributed by atoms with van der Waals surface area (Å²) in [7, 11) is 0. The first-order chi connectivity index (χ1) is 9.06. The highest BCUT2D eigenvalue weighted by Crippen LogP contribution is 2.16. The van der Waals surface area contributed by atoms with Gasteiger partial charge in [0.15, 0.2) is 5.78 Å². The maximum absolute atomic E-state index is 13.1. The van der Waals surface area contributed by atoms with Crippen LogP contribution in [0.3, 0.4) is 0 Å². The lowest BCUT2D eigenvalue weighted by Crippen LogP contribution is -1.99. The molecule has 0 saturated heterocycles. The van der Waals surface area contributed by atoms with E-state index in [4.69, 9.17) is 4.74 Å². The predicted octanol–water partition coefficient (Wildman–Crippen LogP) is 3.92. The largest absolute Gasteiger partial charge is 0.489 e. The molecular formula is C16H15FO2. The summed E-state index contributed by atoms with van der Waals surface area (Å²) in [6.07, 6.45) is 0. The van der Waals surface area contributed by atoms with E-state index in [-0.39, 0.29) is 11.6 Å². The molecule has 0 unspecified atom stereocenters. The number of carbonyl (C=O) groups excluding carboxylic acids is 1. The van der Waals surface area contributed by atoms with Crippen LogP contribution in [-0.2, 0) is 6.61 Å². The summed E-state index contributed by atoms with van der Waals surface area (Å²) in [6, 6.07) is 11.6. The van der Waals surface area contributed by atoms with Crippen LogP contribution in [0.2, 0.25) is 0 Å². The van der Waals surface area contributed by atoms with Crippen LogP contribution in [0.15, 0.2) is 42.5 Å². The van der Waals surface area contributed by atoms with Gasteiger partial charge in [0.25, 0.3) is 0 Å². The van der Waals surface area contributed by atoms with Crippen molar-refractivity contribution in [1.82, 2.24) is 0 Å². The maximum atomic E-state index is 13.1. The molecule has 0 aromatic heterocycles. The first kappa shape index (κ1) is 13.3. The van der Waals surface area contributed by atoms with Crippen molar-refractivity contribution in [2.24, 2.45) is 0 Å².